The van der Waals surface area contributed by atoms with Crippen molar-refractivity contribution in [1.29, 1.82) is 0 Å². The standard InChI is InChI=1S/C21H29N3O2.HI/c1-4-22-21(24-16-19-10-6-5-8-17(19)2)23-15-18-9-7-11-20(14-18)26-13-12-25-3;/h5-11,14H,4,12-13,15-16H2,1-3H3,(H2,22,23,24);1H. The molecule has 0 fully saturated rings. The number of methoxy groups -OCH3 is 1. The Balaban J connectivity index is 0.00000364. The summed E-state index contributed by atoms with van der Waals surface area (Å²) in [5.41, 5.74) is 3.65. The van der Waals surface area contributed by atoms with Crippen molar-refractivity contribution in [1.82, 2.24) is 10.6 Å². The van der Waals surface area contributed by atoms with Gasteiger partial charge >= 0.3 is 0 Å². The Hall–Kier alpha value is -1.80. The van der Waals surface area contributed by atoms with Crippen LogP contribution in [0.15, 0.2) is 53.5 Å². The fourth-order valence-corrected chi connectivity index (χ4v) is 2.48. The molecule has 5 nitrogen and oxygen atoms in total. The molecule has 0 heterocycles. The first-order chi connectivity index (χ1) is 12.7. The summed E-state index contributed by atoms with van der Waals surface area (Å²) >= 11 is 0. The zero-order valence-corrected chi connectivity index (χ0v) is 18.7. The summed E-state index contributed by atoms with van der Waals surface area (Å²) in [6.07, 6.45) is 0. The third-order valence-electron chi connectivity index (χ3n) is 3.93. The van der Waals surface area contributed by atoms with Gasteiger partial charge in [-0.05, 0) is 42.7 Å². The van der Waals surface area contributed by atoms with Crippen LogP contribution in [0.5, 0.6) is 5.75 Å². The molecule has 0 aliphatic rings. The van der Waals surface area contributed by atoms with Gasteiger partial charge in [0.15, 0.2) is 5.96 Å². The van der Waals surface area contributed by atoms with E-state index in [1.54, 1.807) is 7.11 Å². The van der Waals surface area contributed by atoms with Gasteiger partial charge in [-0.2, -0.15) is 0 Å². The molecule has 0 atom stereocenters. The highest BCUT2D eigenvalue weighted by Crippen LogP contribution is 2.14. The average molecular weight is 483 g/mol. The number of hydrogen-bond acceptors (Lipinski definition) is 3. The van der Waals surface area contributed by atoms with Gasteiger partial charge in [-0.25, -0.2) is 4.99 Å². The lowest BCUT2D eigenvalue weighted by molar-refractivity contribution is 0.146. The van der Waals surface area contributed by atoms with E-state index in [0.29, 0.717) is 19.8 Å². The fourth-order valence-electron chi connectivity index (χ4n) is 2.48. The summed E-state index contributed by atoms with van der Waals surface area (Å²) in [4.78, 5) is 4.68. The first kappa shape index (κ1) is 23.2. The molecule has 0 aliphatic heterocycles. The van der Waals surface area contributed by atoms with Gasteiger partial charge in [-0.3, -0.25) is 0 Å². The molecule has 27 heavy (non-hydrogen) atoms. The minimum Gasteiger partial charge on any atom is -0.491 e. The molecule has 0 spiro atoms. The monoisotopic (exact) mass is 483 g/mol. The van der Waals surface area contributed by atoms with Crippen LogP contribution in [-0.4, -0.2) is 32.8 Å². The quantitative estimate of drug-likeness (QED) is 0.246. The molecule has 148 valence electrons. The molecule has 0 aliphatic carbocycles. The number of nitrogens with one attached hydrogen (secondary N) is 2. The predicted molar refractivity (Wildman–Crippen MR) is 122 cm³/mol. The Labute approximate surface area is 179 Å². The van der Waals surface area contributed by atoms with E-state index in [0.717, 1.165) is 30.4 Å². The molecule has 6 heteroatoms. The van der Waals surface area contributed by atoms with Crippen LogP contribution < -0.4 is 15.4 Å². The van der Waals surface area contributed by atoms with Crippen molar-refractivity contribution in [2.45, 2.75) is 26.9 Å². The number of aryl methyl sites for hydroxylation is 1. The van der Waals surface area contributed by atoms with Crippen LogP contribution in [0.2, 0.25) is 0 Å². The second-order valence-corrected chi connectivity index (χ2v) is 5.96. The van der Waals surface area contributed by atoms with Crippen LogP contribution in [0.3, 0.4) is 0 Å². The average Bonchev–Trinajstić information content (AvgIpc) is 2.66. The second kappa shape index (κ2) is 13.4. The lowest BCUT2D eigenvalue weighted by Gasteiger charge is -2.13. The molecule has 0 radical (unpaired) electrons. The topological polar surface area (TPSA) is 54.9 Å². The SMILES string of the molecule is CCNC(=NCc1cccc(OCCOC)c1)NCc1ccccc1C.I. The van der Waals surface area contributed by atoms with E-state index in [-0.39, 0.29) is 24.0 Å². The van der Waals surface area contributed by atoms with Gasteiger partial charge in [0.2, 0.25) is 0 Å². The van der Waals surface area contributed by atoms with Crippen molar-refractivity contribution in [2.24, 2.45) is 4.99 Å². The van der Waals surface area contributed by atoms with E-state index in [9.17, 15) is 0 Å². The molecule has 0 amide bonds. The molecule has 2 aromatic rings. The largest absolute Gasteiger partial charge is 0.491 e. The van der Waals surface area contributed by atoms with Crippen molar-refractivity contribution in [3.8, 4) is 5.75 Å². The third kappa shape index (κ3) is 8.62. The molecule has 2 aromatic carbocycles. The summed E-state index contributed by atoms with van der Waals surface area (Å²) in [6, 6.07) is 16.4. The van der Waals surface area contributed by atoms with Gasteiger partial charge in [0.1, 0.15) is 12.4 Å². The summed E-state index contributed by atoms with van der Waals surface area (Å²) in [6.45, 7) is 7.47. The molecule has 0 aromatic heterocycles. The number of guanidine groups is 1. The van der Waals surface area contributed by atoms with E-state index < -0.39 is 0 Å². The van der Waals surface area contributed by atoms with Gasteiger partial charge in [0, 0.05) is 20.2 Å². The highest BCUT2D eigenvalue weighted by molar-refractivity contribution is 14.0. The predicted octanol–water partition coefficient (Wildman–Crippen LogP) is 3.89. The zero-order chi connectivity index (χ0) is 18.6. The van der Waals surface area contributed by atoms with E-state index in [1.807, 2.05) is 18.2 Å². The highest BCUT2D eigenvalue weighted by atomic mass is 127. The van der Waals surface area contributed by atoms with Crippen LogP contribution in [0, 0.1) is 6.92 Å². The Morgan fingerprint density at radius 3 is 2.59 bits per heavy atom. The molecule has 0 bridgehead atoms. The van der Waals surface area contributed by atoms with E-state index in [2.05, 4.69) is 59.8 Å². The van der Waals surface area contributed by atoms with Gasteiger partial charge in [-0.15, -0.1) is 24.0 Å². The van der Waals surface area contributed by atoms with Gasteiger partial charge < -0.3 is 20.1 Å². The Bertz CT molecular complexity index is 707. The maximum absolute atomic E-state index is 5.66. The summed E-state index contributed by atoms with van der Waals surface area (Å²) < 4.78 is 10.7. The Kier molecular flexibility index (Phi) is 11.5. The molecule has 2 N–H and O–H groups in total. The minimum atomic E-state index is 0. The molecule has 0 saturated carbocycles. The number of halogens is 1. The molecule has 2 rings (SSSR count). The Morgan fingerprint density at radius 2 is 1.85 bits per heavy atom. The van der Waals surface area contributed by atoms with Crippen molar-refractivity contribution in [2.75, 3.05) is 26.9 Å². The van der Waals surface area contributed by atoms with Gasteiger partial charge in [0.05, 0.1) is 13.2 Å². The summed E-state index contributed by atoms with van der Waals surface area (Å²) in [5.74, 6) is 1.65. The zero-order valence-electron chi connectivity index (χ0n) is 16.3. The smallest absolute Gasteiger partial charge is 0.191 e. The van der Waals surface area contributed by atoms with E-state index >= 15 is 0 Å². The number of hydrogen-bond donors (Lipinski definition) is 2. The lowest BCUT2D eigenvalue weighted by atomic mass is 10.1. The summed E-state index contributed by atoms with van der Waals surface area (Å²) in [5, 5.41) is 6.69. The van der Waals surface area contributed by atoms with Crippen molar-refractivity contribution in [3.63, 3.8) is 0 Å². The Morgan fingerprint density at radius 1 is 1.04 bits per heavy atom. The van der Waals surface area contributed by atoms with Gasteiger partial charge in [-0.1, -0.05) is 36.4 Å². The first-order valence-electron chi connectivity index (χ1n) is 9.00. The van der Waals surface area contributed by atoms with Crippen LogP contribution in [-0.2, 0) is 17.8 Å². The number of nitrogens with zero attached hydrogens (tertiary/aromatic N) is 1. The normalized spacial score (nSPS) is 10.9. The minimum absolute atomic E-state index is 0. The number of benzene rings is 2. The lowest BCUT2D eigenvalue weighted by Crippen LogP contribution is -2.36. The van der Waals surface area contributed by atoms with Crippen LogP contribution in [0.1, 0.15) is 23.6 Å². The molecule has 0 unspecified atom stereocenters. The van der Waals surface area contributed by atoms with E-state index in [1.165, 1.54) is 11.1 Å². The van der Waals surface area contributed by atoms with E-state index in [4.69, 9.17) is 9.47 Å². The first-order valence-corrected chi connectivity index (χ1v) is 9.00. The van der Waals surface area contributed by atoms with Crippen molar-refractivity contribution in [3.05, 3.63) is 65.2 Å². The van der Waals surface area contributed by atoms with Crippen molar-refractivity contribution >= 4 is 29.9 Å². The molecular weight excluding hydrogens is 453 g/mol. The van der Waals surface area contributed by atoms with Crippen molar-refractivity contribution < 1.29 is 9.47 Å². The third-order valence-corrected chi connectivity index (χ3v) is 3.93. The maximum atomic E-state index is 5.66. The fraction of sp³-hybridized carbons (Fsp3) is 0.381. The highest BCUT2D eigenvalue weighted by Gasteiger charge is 2.02. The molecular formula is C21H30IN3O2. The van der Waals surface area contributed by atoms with Crippen LogP contribution in [0.4, 0.5) is 0 Å². The second-order valence-electron chi connectivity index (χ2n) is 5.96. The number of rotatable bonds is 9. The van der Waals surface area contributed by atoms with Crippen LogP contribution in [0.25, 0.3) is 0 Å². The van der Waals surface area contributed by atoms with Gasteiger partial charge in [0.25, 0.3) is 0 Å². The maximum Gasteiger partial charge on any atom is 0.191 e. The summed E-state index contributed by atoms with van der Waals surface area (Å²) in [7, 11) is 1.67. The number of aliphatic imine (C=N–C) groups is 1. The molecule has 0 saturated heterocycles. The number of ether oxygens (including phenoxy) is 2. The van der Waals surface area contributed by atoms with Crippen LogP contribution >= 0.6 is 24.0 Å².